The Morgan fingerprint density at radius 1 is 1.79 bits per heavy atom. The van der Waals surface area contributed by atoms with Crippen molar-refractivity contribution in [2.45, 2.75) is 13.3 Å². The molecule has 0 saturated carbocycles. The quantitative estimate of drug-likeness (QED) is 0.719. The number of H-pyrrole nitrogens is 1. The molecule has 1 N–H and O–H groups in total. The number of hydrogen-bond donors (Lipinski definition) is 1. The lowest BCUT2D eigenvalue weighted by Gasteiger charge is -2.17. The van der Waals surface area contributed by atoms with Crippen LogP contribution in [0.1, 0.15) is 23.8 Å². The van der Waals surface area contributed by atoms with E-state index in [2.05, 4.69) is 16.1 Å². The van der Waals surface area contributed by atoms with Crippen molar-refractivity contribution < 1.29 is 4.79 Å². The summed E-state index contributed by atoms with van der Waals surface area (Å²) in [6.45, 7) is 3.01. The van der Waals surface area contributed by atoms with Crippen molar-refractivity contribution in [1.29, 1.82) is 0 Å². The molecule has 4 nitrogen and oxygen atoms in total. The van der Waals surface area contributed by atoms with Crippen LogP contribution >= 0.6 is 0 Å². The van der Waals surface area contributed by atoms with Gasteiger partial charge in [0.2, 0.25) is 0 Å². The molecular weight excluding hydrogens is 178 g/mol. The lowest BCUT2D eigenvalue weighted by atomic mass is 10.3. The molecule has 0 aliphatic heterocycles. The summed E-state index contributed by atoms with van der Waals surface area (Å²) in [7, 11) is 0. The second-order valence-corrected chi connectivity index (χ2v) is 2.90. The number of hydrogen-bond acceptors (Lipinski definition) is 2. The van der Waals surface area contributed by atoms with Crippen LogP contribution in [-0.4, -0.2) is 34.1 Å². The molecule has 0 unspecified atom stereocenters. The number of carbonyl (C=O) groups is 1. The topological polar surface area (TPSA) is 49.0 Å². The second-order valence-electron chi connectivity index (χ2n) is 2.90. The van der Waals surface area contributed by atoms with Crippen LogP contribution in [0.3, 0.4) is 0 Å². The Hall–Kier alpha value is -1.76. The minimum atomic E-state index is -0.0951. The van der Waals surface area contributed by atoms with Gasteiger partial charge in [0.1, 0.15) is 5.69 Å². The van der Waals surface area contributed by atoms with E-state index in [-0.39, 0.29) is 5.91 Å². The number of nitrogens with zero attached hydrogens (tertiary/aromatic N) is 2. The standard InChI is InChI=1S/C10H13N3O/c1-3-7-13(8-4-2)10(14)9-5-6-11-12-9/h1,5-6H,4,7-8H2,2H3,(H,11,12). The summed E-state index contributed by atoms with van der Waals surface area (Å²) in [5, 5.41) is 6.35. The van der Waals surface area contributed by atoms with E-state index in [9.17, 15) is 4.79 Å². The number of terminal acetylenes is 1. The lowest BCUT2D eigenvalue weighted by Crippen LogP contribution is -2.32. The maximum Gasteiger partial charge on any atom is 0.272 e. The Morgan fingerprint density at radius 3 is 3.07 bits per heavy atom. The molecule has 0 aliphatic carbocycles. The average molecular weight is 191 g/mol. The Kier molecular flexibility index (Phi) is 3.74. The molecule has 0 spiro atoms. The first-order valence-corrected chi connectivity index (χ1v) is 4.51. The molecule has 4 heteroatoms. The van der Waals surface area contributed by atoms with Gasteiger partial charge >= 0.3 is 0 Å². The fourth-order valence-corrected chi connectivity index (χ4v) is 1.18. The Morgan fingerprint density at radius 2 is 2.57 bits per heavy atom. The summed E-state index contributed by atoms with van der Waals surface area (Å²) in [6.07, 6.45) is 7.62. The zero-order chi connectivity index (χ0) is 10.4. The smallest absolute Gasteiger partial charge is 0.272 e. The Bertz CT molecular complexity index is 324. The molecule has 0 aromatic carbocycles. The summed E-state index contributed by atoms with van der Waals surface area (Å²) in [5.41, 5.74) is 0.480. The van der Waals surface area contributed by atoms with Gasteiger partial charge in [-0.25, -0.2) is 0 Å². The molecule has 74 valence electrons. The first kappa shape index (κ1) is 10.3. The van der Waals surface area contributed by atoms with Crippen LogP contribution < -0.4 is 0 Å². The highest BCUT2D eigenvalue weighted by Gasteiger charge is 2.14. The van der Waals surface area contributed by atoms with Crippen LogP contribution in [0, 0.1) is 12.3 Å². The van der Waals surface area contributed by atoms with Crippen LogP contribution in [-0.2, 0) is 0 Å². The van der Waals surface area contributed by atoms with E-state index < -0.39 is 0 Å². The van der Waals surface area contributed by atoms with Gasteiger partial charge in [0, 0.05) is 12.7 Å². The molecule has 1 aromatic heterocycles. The summed E-state index contributed by atoms with van der Waals surface area (Å²) < 4.78 is 0. The predicted molar refractivity (Wildman–Crippen MR) is 53.6 cm³/mol. The van der Waals surface area contributed by atoms with E-state index in [0.717, 1.165) is 6.42 Å². The van der Waals surface area contributed by atoms with E-state index in [4.69, 9.17) is 6.42 Å². The fourth-order valence-electron chi connectivity index (χ4n) is 1.18. The van der Waals surface area contributed by atoms with Crippen molar-refractivity contribution >= 4 is 5.91 Å². The van der Waals surface area contributed by atoms with Crippen molar-refractivity contribution in [2.24, 2.45) is 0 Å². The zero-order valence-corrected chi connectivity index (χ0v) is 8.16. The predicted octanol–water partition coefficient (Wildman–Crippen LogP) is 0.895. The number of nitrogens with one attached hydrogen (secondary N) is 1. The first-order chi connectivity index (χ1) is 6.79. The molecule has 1 amide bonds. The Balaban J connectivity index is 2.69. The van der Waals surface area contributed by atoms with Gasteiger partial charge in [-0.05, 0) is 12.5 Å². The number of aromatic amines is 1. The molecule has 0 aliphatic rings. The van der Waals surface area contributed by atoms with Gasteiger partial charge in [0.15, 0.2) is 0 Å². The van der Waals surface area contributed by atoms with Crippen molar-refractivity contribution in [3.8, 4) is 12.3 Å². The SMILES string of the molecule is C#CCN(CCC)C(=O)c1ccn[nH]1. The Labute approximate surface area is 83.3 Å². The van der Waals surface area contributed by atoms with E-state index >= 15 is 0 Å². The third-order valence-electron chi connectivity index (χ3n) is 1.79. The molecule has 0 bridgehead atoms. The molecule has 14 heavy (non-hydrogen) atoms. The molecule has 1 heterocycles. The third kappa shape index (κ3) is 2.36. The molecule has 0 fully saturated rings. The van der Waals surface area contributed by atoms with E-state index in [1.54, 1.807) is 17.2 Å². The van der Waals surface area contributed by atoms with Gasteiger partial charge in [0.25, 0.3) is 5.91 Å². The van der Waals surface area contributed by atoms with Crippen LogP contribution in [0.5, 0.6) is 0 Å². The van der Waals surface area contributed by atoms with Crippen molar-refractivity contribution in [3.05, 3.63) is 18.0 Å². The molecule has 1 aromatic rings. The summed E-state index contributed by atoms with van der Waals surface area (Å²) in [5.74, 6) is 2.37. The van der Waals surface area contributed by atoms with Crippen LogP contribution in [0.25, 0.3) is 0 Å². The van der Waals surface area contributed by atoms with Crippen LogP contribution in [0.4, 0.5) is 0 Å². The van der Waals surface area contributed by atoms with Crippen molar-refractivity contribution in [1.82, 2.24) is 15.1 Å². The summed E-state index contributed by atoms with van der Waals surface area (Å²) in [6, 6.07) is 1.64. The number of aromatic nitrogens is 2. The van der Waals surface area contributed by atoms with Crippen molar-refractivity contribution in [3.63, 3.8) is 0 Å². The fraction of sp³-hybridized carbons (Fsp3) is 0.400. The zero-order valence-electron chi connectivity index (χ0n) is 8.16. The third-order valence-corrected chi connectivity index (χ3v) is 1.79. The van der Waals surface area contributed by atoms with Crippen molar-refractivity contribution in [2.75, 3.05) is 13.1 Å². The maximum atomic E-state index is 11.7. The molecule has 0 radical (unpaired) electrons. The van der Waals surface area contributed by atoms with E-state index in [0.29, 0.717) is 18.8 Å². The largest absolute Gasteiger partial charge is 0.326 e. The highest BCUT2D eigenvalue weighted by atomic mass is 16.2. The van der Waals surface area contributed by atoms with Gasteiger partial charge in [-0.15, -0.1) is 6.42 Å². The van der Waals surface area contributed by atoms with Gasteiger partial charge in [0.05, 0.1) is 6.54 Å². The molecule has 0 saturated heterocycles. The number of carbonyl (C=O) groups excluding carboxylic acids is 1. The first-order valence-electron chi connectivity index (χ1n) is 4.51. The number of rotatable bonds is 4. The molecular formula is C10H13N3O. The molecule has 0 atom stereocenters. The summed E-state index contributed by atoms with van der Waals surface area (Å²) in [4.78, 5) is 13.4. The van der Waals surface area contributed by atoms with Crippen LogP contribution in [0.2, 0.25) is 0 Å². The van der Waals surface area contributed by atoms with Gasteiger partial charge in [-0.3, -0.25) is 9.89 Å². The minimum absolute atomic E-state index is 0.0951. The highest BCUT2D eigenvalue weighted by molar-refractivity contribution is 5.92. The van der Waals surface area contributed by atoms with Gasteiger partial charge in [-0.1, -0.05) is 12.8 Å². The monoisotopic (exact) mass is 191 g/mol. The van der Waals surface area contributed by atoms with E-state index in [1.807, 2.05) is 6.92 Å². The number of amides is 1. The van der Waals surface area contributed by atoms with Gasteiger partial charge in [-0.2, -0.15) is 5.10 Å². The minimum Gasteiger partial charge on any atom is -0.326 e. The average Bonchev–Trinajstić information content (AvgIpc) is 2.69. The lowest BCUT2D eigenvalue weighted by molar-refractivity contribution is 0.0771. The highest BCUT2D eigenvalue weighted by Crippen LogP contribution is 2.01. The normalized spacial score (nSPS) is 9.43. The van der Waals surface area contributed by atoms with E-state index in [1.165, 1.54) is 0 Å². The summed E-state index contributed by atoms with van der Waals surface area (Å²) >= 11 is 0. The molecule has 1 rings (SSSR count). The maximum absolute atomic E-state index is 11.7. The van der Waals surface area contributed by atoms with Gasteiger partial charge < -0.3 is 4.90 Å². The van der Waals surface area contributed by atoms with Crippen LogP contribution in [0.15, 0.2) is 12.3 Å². The second kappa shape index (κ2) is 5.07.